The topological polar surface area (TPSA) is 17.1 Å². The highest BCUT2D eigenvalue weighted by Crippen LogP contribution is 2.35. The van der Waals surface area contributed by atoms with Gasteiger partial charge in [0.05, 0.1) is 0 Å². The van der Waals surface area contributed by atoms with Crippen molar-refractivity contribution in [3.63, 3.8) is 0 Å². The highest BCUT2D eigenvalue weighted by Gasteiger charge is 2.21. The maximum atomic E-state index is 11.7. The van der Waals surface area contributed by atoms with Crippen molar-refractivity contribution in [2.24, 2.45) is 11.8 Å². The Morgan fingerprint density at radius 1 is 1.29 bits per heavy atom. The van der Waals surface area contributed by atoms with Crippen LogP contribution in [0.4, 0.5) is 0 Å². The van der Waals surface area contributed by atoms with Gasteiger partial charge in [0.25, 0.3) is 0 Å². The molecule has 82 valence electrons. The van der Waals surface area contributed by atoms with Gasteiger partial charge in [0, 0.05) is 5.92 Å². The summed E-state index contributed by atoms with van der Waals surface area (Å²) in [4.78, 5) is 11.7. The van der Waals surface area contributed by atoms with E-state index in [2.05, 4.69) is 20.3 Å². The molecule has 0 heterocycles. The quantitative estimate of drug-likeness (QED) is 0.649. The van der Waals surface area contributed by atoms with Crippen LogP contribution in [0.3, 0.4) is 0 Å². The Bertz CT molecular complexity index is 183. The molecule has 0 bridgehead atoms. The standard InChI is InChI=1S/C12H23OP/c1-10(12(13)14(2)3)9-11-7-5-4-6-8-11/h10-11H,4-9H2,1-3H3/t10-/m0/s1. The summed E-state index contributed by atoms with van der Waals surface area (Å²) in [5.74, 6) is 1.16. The minimum Gasteiger partial charge on any atom is -0.294 e. The van der Waals surface area contributed by atoms with Gasteiger partial charge in [-0.1, -0.05) is 39.0 Å². The second-order valence-electron chi connectivity index (χ2n) is 4.87. The lowest BCUT2D eigenvalue weighted by molar-refractivity contribution is -0.115. The molecule has 0 aromatic heterocycles. The molecule has 0 radical (unpaired) electrons. The van der Waals surface area contributed by atoms with E-state index in [0.717, 1.165) is 12.3 Å². The largest absolute Gasteiger partial charge is 0.294 e. The minimum atomic E-state index is -0.367. The molecule has 0 saturated heterocycles. The zero-order valence-electron chi connectivity index (χ0n) is 9.75. The average molecular weight is 214 g/mol. The Labute approximate surface area is 89.4 Å². The van der Waals surface area contributed by atoms with Gasteiger partial charge in [0.1, 0.15) is 0 Å². The maximum absolute atomic E-state index is 11.7. The Balaban J connectivity index is 2.31. The van der Waals surface area contributed by atoms with Crippen LogP contribution in [0.25, 0.3) is 0 Å². The van der Waals surface area contributed by atoms with E-state index in [9.17, 15) is 4.79 Å². The van der Waals surface area contributed by atoms with Crippen LogP contribution in [0.15, 0.2) is 0 Å². The molecule has 14 heavy (non-hydrogen) atoms. The van der Waals surface area contributed by atoms with Gasteiger partial charge in [-0.05, 0) is 33.6 Å². The average Bonchev–Trinajstić information content (AvgIpc) is 2.18. The predicted molar refractivity (Wildman–Crippen MR) is 64.1 cm³/mol. The molecule has 1 aliphatic rings. The fourth-order valence-corrected chi connectivity index (χ4v) is 3.45. The van der Waals surface area contributed by atoms with E-state index >= 15 is 0 Å². The van der Waals surface area contributed by atoms with E-state index in [4.69, 9.17) is 0 Å². The van der Waals surface area contributed by atoms with E-state index in [1.165, 1.54) is 32.1 Å². The molecule has 0 aromatic rings. The second kappa shape index (κ2) is 5.85. The summed E-state index contributed by atoms with van der Waals surface area (Å²) in [5.41, 5.74) is 0.519. The Morgan fingerprint density at radius 3 is 2.36 bits per heavy atom. The van der Waals surface area contributed by atoms with Crippen molar-refractivity contribution >= 4 is 13.4 Å². The van der Waals surface area contributed by atoms with Crippen LogP contribution in [0.5, 0.6) is 0 Å². The van der Waals surface area contributed by atoms with Crippen LogP contribution in [-0.2, 0) is 4.79 Å². The van der Waals surface area contributed by atoms with E-state index in [1.54, 1.807) is 0 Å². The molecule has 1 nitrogen and oxygen atoms in total. The molecule has 0 amide bonds. The minimum absolute atomic E-state index is 0.319. The predicted octanol–water partition coefficient (Wildman–Crippen LogP) is 3.86. The lowest BCUT2D eigenvalue weighted by Gasteiger charge is -2.24. The van der Waals surface area contributed by atoms with Crippen LogP contribution in [-0.4, -0.2) is 18.9 Å². The first kappa shape index (κ1) is 12.2. The van der Waals surface area contributed by atoms with Crippen molar-refractivity contribution in [3.8, 4) is 0 Å². The molecule has 0 aromatic carbocycles. The highest BCUT2D eigenvalue weighted by atomic mass is 31.1. The van der Waals surface area contributed by atoms with Crippen LogP contribution >= 0.6 is 7.92 Å². The highest BCUT2D eigenvalue weighted by molar-refractivity contribution is 7.73. The third kappa shape index (κ3) is 3.69. The summed E-state index contributed by atoms with van der Waals surface area (Å²) in [6.07, 6.45) is 8.07. The molecule has 1 saturated carbocycles. The monoisotopic (exact) mass is 214 g/mol. The van der Waals surface area contributed by atoms with Crippen LogP contribution in [0.1, 0.15) is 45.4 Å². The number of carbonyl (C=O) groups excluding carboxylic acids is 1. The van der Waals surface area contributed by atoms with E-state index in [0.29, 0.717) is 11.4 Å². The molecular weight excluding hydrogens is 191 g/mol. The summed E-state index contributed by atoms with van der Waals surface area (Å²) >= 11 is 0. The molecular formula is C12H23OP. The smallest absolute Gasteiger partial charge is 0.156 e. The number of hydrogen-bond donors (Lipinski definition) is 0. The number of carbonyl (C=O) groups is 1. The first-order valence-electron chi connectivity index (χ1n) is 5.82. The summed E-state index contributed by atoms with van der Waals surface area (Å²) in [7, 11) is -0.367. The van der Waals surface area contributed by atoms with Crippen LogP contribution < -0.4 is 0 Å². The van der Waals surface area contributed by atoms with Crippen molar-refractivity contribution in [1.29, 1.82) is 0 Å². The zero-order chi connectivity index (χ0) is 10.6. The van der Waals surface area contributed by atoms with Gasteiger partial charge >= 0.3 is 0 Å². The molecule has 0 spiro atoms. The van der Waals surface area contributed by atoms with E-state index in [1.807, 2.05) is 0 Å². The Kier molecular flexibility index (Phi) is 5.09. The Morgan fingerprint density at radius 2 is 1.86 bits per heavy atom. The van der Waals surface area contributed by atoms with E-state index in [-0.39, 0.29) is 7.92 Å². The van der Waals surface area contributed by atoms with Crippen molar-refractivity contribution in [3.05, 3.63) is 0 Å². The van der Waals surface area contributed by atoms with Gasteiger partial charge < -0.3 is 0 Å². The fraction of sp³-hybridized carbons (Fsp3) is 0.917. The summed E-state index contributed by atoms with van der Waals surface area (Å²) in [6.45, 7) is 6.28. The first-order valence-corrected chi connectivity index (χ1v) is 8.06. The second-order valence-corrected chi connectivity index (χ2v) is 7.10. The van der Waals surface area contributed by atoms with Crippen molar-refractivity contribution in [2.75, 3.05) is 13.3 Å². The van der Waals surface area contributed by atoms with Gasteiger partial charge in [-0.15, -0.1) is 0 Å². The number of rotatable bonds is 4. The van der Waals surface area contributed by atoms with Crippen molar-refractivity contribution < 1.29 is 4.79 Å². The lowest BCUT2D eigenvalue weighted by atomic mass is 9.83. The number of hydrogen-bond acceptors (Lipinski definition) is 1. The fourth-order valence-electron chi connectivity index (χ4n) is 2.46. The summed E-state index contributed by atoms with van der Waals surface area (Å²) in [6, 6.07) is 0. The van der Waals surface area contributed by atoms with Crippen LogP contribution in [0, 0.1) is 11.8 Å². The van der Waals surface area contributed by atoms with E-state index < -0.39 is 0 Å². The SMILES string of the molecule is C[C@@H](CC1CCCCC1)C(=O)P(C)C. The van der Waals surface area contributed by atoms with Crippen molar-refractivity contribution in [2.45, 2.75) is 45.4 Å². The molecule has 1 rings (SSSR count). The van der Waals surface area contributed by atoms with Gasteiger partial charge in [-0.2, -0.15) is 0 Å². The summed E-state index contributed by atoms with van der Waals surface area (Å²) < 4.78 is 0. The molecule has 1 aliphatic carbocycles. The molecule has 0 N–H and O–H groups in total. The molecule has 2 heteroatoms. The molecule has 1 fully saturated rings. The van der Waals surface area contributed by atoms with Gasteiger partial charge in [-0.25, -0.2) is 0 Å². The lowest BCUT2D eigenvalue weighted by Crippen LogP contribution is -2.16. The third-order valence-corrected chi connectivity index (χ3v) is 4.60. The maximum Gasteiger partial charge on any atom is 0.156 e. The van der Waals surface area contributed by atoms with Crippen molar-refractivity contribution in [1.82, 2.24) is 0 Å². The molecule has 0 unspecified atom stereocenters. The normalized spacial score (nSPS) is 21.1. The zero-order valence-corrected chi connectivity index (χ0v) is 10.6. The van der Waals surface area contributed by atoms with Crippen LogP contribution in [0.2, 0.25) is 0 Å². The third-order valence-electron chi connectivity index (χ3n) is 3.27. The molecule has 0 aliphatic heterocycles. The van der Waals surface area contributed by atoms with Gasteiger partial charge in [-0.3, -0.25) is 4.79 Å². The molecule has 1 atom stereocenters. The summed E-state index contributed by atoms with van der Waals surface area (Å²) in [5, 5.41) is 0. The van der Waals surface area contributed by atoms with Gasteiger partial charge in [0.15, 0.2) is 5.52 Å². The van der Waals surface area contributed by atoms with Gasteiger partial charge in [0.2, 0.25) is 0 Å². The Hall–Kier alpha value is 0.100. The first-order chi connectivity index (χ1) is 6.61.